The molecule has 0 aliphatic heterocycles. The van der Waals surface area contributed by atoms with Gasteiger partial charge < -0.3 is 15.2 Å². The first-order chi connectivity index (χ1) is 12.4. The van der Waals surface area contributed by atoms with Gasteiger partial charge in [-0.1, -0.05) is 43.7 Å². The number of hydrogen-bond acceptors (Lipinski definition) is 3. The van der Waals surface area contributed by atoms with Crippen LogP contribution in [-0.4, -0.2) is 30.1 Å². The van der Waals surface area contributed by atoms with Crippen LogP contribution in [0.2, 0.25) is 0 Å². The molecule has 0 radical (unpaired) electrons. The van der Waals surface area contributed by atoms with Crippen LogP contribution in [0.5, 0.6) is 5.75 Å². The quantitative estimate of drug-likeness (QED) is 0.697. The van der Waals surface area contributed by atoms with Gasteiger partial charge in [0.25, 0.3) is 5.91 Å². The minimum absolute atomic E-state index is 0.00653. The summed E-state index contributed by atoms with van der Waals surface area (Å²) in [6.45, 7) is 6.86. The Labute approximate surface area is 155 Å². The standard InChI is InChI=1S/C21H29NO4/c1-14(2)19-10-16(11-21(24)25)15(3)9-17(19)12-22-20(23)13-26-18-7-5-4-6-8-18/h4-9,14,16-17,19H,10-13H2,1-3H3,(H,22,23)(H,24,25). The molecule has 0 spiro atoms. The molecule has 5 heteroatoms. The van der Waals surface area contributed by atoms with Crippen LogP contribution in [0.25, 0.3) is 0 Å². The van der Waals surface area contributed by atoms with Crippen LogP contribution < -0.4 is 10.1 Å². The van der Waals surface area contributed by atoms with Gasteiger partial charge in [-0.15, -0.1) is 0 Å². The second-order valence-electron chi connectivity index (χ2n) is 7.42. The average Bonchev–Trinajstić information content (AvgIpc) is 2.60. The smallest absolute Gasteiger partial charge is 0.303 e. The summed E-state index contributed by atoms with van der Waals surface area (Å²) in [6.07, 6.45) is 3.18. The summed E-state index contributed by atoms with van der Waals surface area (Å²) in [5.41, 5.74) is 1.11. The van der Waals surface area contributed by atoms with Gasteiger partial charge in [-0.05, 0) is 49.1 Å². The molecule has 1 aromatic carbocycles. The molecule has 2 N–H and O–H groups in total. The fourth-order valence-electron chi connectivity index (χ4n) is 3.67. The van der Waals surface area contributed by atoms with E-state index in [9.17, 15) is 9.59 Å². The van der Waals surface area contributed by atoms with Crippen molar-refractivity contribution in [3.8, 4) is 5.75 Å². The number of carbonyl (C=O) groups is 2. The fraction of sp³-hybridized carbons (Fsp3) is 0.524. The Kier molecular flexibility index (Phi) is 7.25. The summed E-state index contributed by atoms with van der Waals surface area (Å²) in [7, 11) is 0. The van der Waals surface area contributed by atoms with E-state index < -0.39 is 5.97 Å². The normalized spacial score (nSPS) is 22.6. The largest absolute Gasteiger partial charge is 0.484 e. The molecule has 0 heterocycles. The molecule has 1 aliphatic rings. The van der Waals surface area contributed by atoms with E-state index in [4.69, 9.17) is 9.84 Å². The van der Waals surface area contributed by atoms with Crippen molar-refractivity contribution in [2.24, 2.45) is 23.7 Å². The summed E-state index contributed by atoms with van der Waals surface area (Å²) in [4.78, 5) is 23.2. The maximum Gasteiger partial charge on any atom is 0.303 e. The molecule has 5 nitrogen and oxygen atoms in total. The minimum atomic E-state index is -0.755. The van der Waals surface area contributed by atoms with Crippen LogP contribution in [0.1, 0.15) is 33.6 Å². The molecular weight excluding hydrogens is 330 g/mol. The Morgan fingerprint density at radius 1 is 1.27 bits per heavy atom. The zero-order chi connectivity index (χ0) is 19.1. The lowest BCUT2D eigenvalue weighted by Gasteiger charge is -2.36. The van der Waals surface area contributed by atoms with Gasteiger partial charge in [-0.2, -0.15) is 0 Å². The molecule has 0 saturated carbocycles. The summed E-state index contributed by atoms with van der Waals surface area (Å²) in [5, 5.41) is 12.1. The van der Waals surface area contributed by atoms with E-state index in [0.29, 0.717) is 24.1 Å². The first kappa shape index (κ1) is 20.0. The van der Waals surface area contributed by atoms with Crippen LogP contribution in [0.4, 0.5) is 0 Å². The average molecular weight is 359 g/mol. The second-order valence-corrected chi connectivity index (χ2v) is 7.42. The number of aliphatic carboxylic acids is 1. The number of allylic oxidation sites excluding steroid dienone is 1. The maximum absolute atomic E-state index is 12.1. The van der Waals surface area contributed by atoms with Crippen LogP contribution in [0, 0.1) is 23.7 Å². The maximum atomic E-state index is 12.1. The fourth-order valence-corrected chi connectivity index (χ4v) is 3.67. The number of ether oxygens (including phenoxy) is 1. The van der Waals surface area contributed by atoms with Gasteiger partial charge in [0, 0.05) is 6.54 Å². The second kappa shape index (κ2) is 9.41. The molecule has 3 atom stereocenters. The number of rotatable bonds is 8. The zero-order valence-corrected chi connectivity index (χ0v) is 15.8. The van der Waals surface area contributed by atoms with E-state index in [0.717, 1.165) is 12.0 Å². The number of nitrogens with one attached hydrogen (secondary N) is 1. The monoisotopic (exact) mass is 359 g/mol. The van der Waals surface area contributed by atoms with Crippen molar-refractivity contribution in [2.75, 3.05) is 13.2 Å². The molecule has 3 unspecified atom stereocenters. The number of amides is 1. The highest BCUT2D eigenvalue weighted by atomic mass is 16.5. The Hall–Kier alpha value is -2.30. The number of para-hydroxylation sites is 1. The first-order valence-corrected chi connectivity index (χ1v) is 9.21. The number of benzene rings is 1. The van der Waals surface area contributed by atoms with Gasteiger partial charge in [-0.3, -0.25) is 9.59 Å². The number of carbonyl (C=O) groups excluding carboxylic acids is 1. The van der Waals surface area contributed by atoms with Gasteiger partial charge in [0.05, 0.1) is 6.42 Å². The molecule has 1 aromatic rings. The minimum Gasteiger partial charge on any atom is -0.484 e. The van der Waals surface area contributed by atoms with E-state index in [-0.39, 0.29) is 30.8 Å². The molecule has 142 valence electrons. The van der Waals surface area contributed by atoms with Crippen molar-refractivity contribution < 1.29 is 19.4 Å². The van der Waals surface area contributed by atoms with Crippen molar-refractivity contribution in [2.45, 2.75) is 33.6 Å². The lowest BCUT2D eigenvalue weighted by Crippen LogP contribution is -2.38. The SMILES string of the molecule is CC1=CC(CNC(=O)COc2ccccc2)C(C(C)C)CC1CC(=O)O. The Morgan fingerprint density at radius 2 is 1.96 bits per heavy atom. The van der Waals surface area contributed by atoms with Crippen LogP contribution in [0.3, 0.4) is 0 Å². The van der Waals surface area contributed by atoms with Crippen molar-refractivity contribution >= 4 is 11.9 Å². The van der Waals surface area contributed by atoms with Crippen molar-refractivity contribution in [3.05, 3.63) is 42.0 Å². The summed E-state index contributed by atoms with van der Waals surface area (Å²) < 4.78 is 5.47. The van der Waals surface area contributed by atoms with Gasteiger partial charge in [0.15, 0.2) is 6.61 Å². The van der Waals surface area contributed by atoms with Gasteiger partial charge in [0.1, 0.15) is 5.75 Å². The highest BCUT2D eigenvalue weighted by Gasteiger charge is 2.32. The van der Waals surface area contributed by atoms with Gasteiger partial charge in [0.2, 0.25) is 0 Å². The van der Waals surface area contributed by atoms with Crippen LogP contribution >= 0.6 is 0 Å². The molecule has 0 bridgehead atoms. The van der Waals surface area contributed by atoms with E-state index in [1.807, 2.05) is 37.3 Å². The lowest BCUT2D eigenvalue weighted by atomic mass is 9.70. The van der Waals surface area contributed by atoms with Crippen molar-refractivity contribution in [1.82, 2.24) is 5.32 Å². The number of hydrogen-bond donors (Lipinski definition) is 2. The molecule has 0 saturated heterocycles. The topological polar surface area (TPSA) is 75.6 Å². The first-order valence-electron chi connectivity index (χ1n) is 9.21. The number of carboxylic acid groups (broad SMARTS) is 1. The molecule has 2 rings (SSSR count). The summed E-state index contributed by atoms with van der Waals surface area (Å²) >= 11 is 0. The molecular formula is C21H29NO4. The molecule has 26 heavy (non-hydrogen) atoms. The molecule has 1 amide bonds. The highest BCUT2D eigenvalue weighted by molar-refractivity contribution is 5.77. The van der Waals surface area contributed by atoms with E-state index in [1.54, 1.807) is 0 Å². The predicted molar refractivity (Wildman–Crippen MR) is 101 cm³/mol. The van der Waals surface area contributed by atoms with Gasteiger partial charge in [-0.25, -0.2) is 0 Å². The zero-order valence-electron chi connectivity index (χ0n) is 15.8. The Balaban J connectivity index is 1.90. The third-order valence-electron chi connectivity index (χ3n) is 5.15. The lowest BCUT2D eigenvalue weighted by molar-refractivity contribution is -0.138. The van der Waals surface area contributed by atoms with Crippen LogP contribution in [0.15, 0.2) is 42.0 Å². The highest BCUT2D eigenvalue weighted by Crippen LogP contribution is 2.38. The van der Waals surface area contributed by atoms with E-state index in [1.165, 1.54) is 0 Å². The summed E-state index contributed by atoms with van der Waals surface area (Å²) in [6, 6.07) is 9.26. The third-order valence-corrected chi connectivity index (χ3v) is 5.15. The third kappa shape index (κ3) is 5.90. The van der Waals surface area contributed by atoms with Crippen LogP contribution in [-0.2, 0) is 9.59 Å². The molecule has 0 fully saturated rings. The van der Waals surface area contributed by atoms with Crippen molar-refractivity contribution in [3.63, 3.8) is 0 Å². The Bertz CT molecular complexity index is 639. The van der Waals surface area contributed by atoms with Gasteiger partial charge >= 0.3 is 5.97 Å². The molecule has 0 aromatic heterocycles. The van der Waals surface area contributed by atoms with E-state index >= 15 is 0 Å². The van der Waals surface area contributed by atoms with Crippen molar-refractivity contribution in [1.29, 1.82) is 0 Å². The summed E-state index contributed by atoms with van der Waals surface area (Å²) in [5.74, 6) is 0.878. The predicted octanol–water partition coefficient (Wildman–Crippen LogP) is 3.51. The van der Waals surface area contributed by atoms with E-state index in [2.05, 4.69) is 25.2 Å². The Morgan fingerprint density at radius 3 is 2.58 bits per heavy atom. The molecule has 1 aliphatic carbocycles. The number of carboxylic acids is 1.